The number of anilines is 1. The number of aryl methyl sites for hydroxylation is 1. The number of benzene rings is 2. The number of oxazole rings is 1. The van der Waals surface area contributed by atoms with Crippen molar-refractivity contribution in [1.82, 2.24) is 4.98 Å². The molecule has 1 N–H and O–H groups in total. The summed E-state index contributed by atoms with van der Waals surface area (Å²) in [6.45, 7) is 1.05. The number of nitrogens with zero attached hydrogens (tertiary/aromatic N) is 1. The standard InChI is InChI=1S/C16H13ClN2O/c17-12-4-6-15-14(9-12)19-16(20-15)11-3-5-13-10(8-11)2-1-7-18-13/h3-6,8-9,18H,1-2,7H2. The van der Waals surface area contributed by atoms with E-state index in [4.69, 9.17) is 16.0 Å². The van der Waals surface area contributed by atoms with E-state index in [1.807, 2.05) is 24.3 Å². The molecule has 3 aromatic rings. The Morgan fingerprint density at radius 2 is 2.10 bits per heavy atom. The summed E-state index contributed by atoms with van der Waals surface area (Å²) in [7, 11) is 0. The van der Waals surface area contributed by atoms with Crippen LogP contribution in [-0.4, -0.2) is 11.5 Å². The summed E-state index contributed by atoms with van der Waals surface area (Å²) in [5, 5.41) is 4.08. The highest BCUT2D eigenvalue weighted by molar-refractivity contribution is 6.31. The van der Waals surface area contributed by atoms with E-state index < -0.39 is 0 Å². The smallest absolute Gasteiger partial charge is 0.227 e. The molecule has 0 fully saturated rings. The number of halogens is 1. The second-order valence-corrected chi connectivity index (χ2v) is 5.47. The Kier molecular flexibility index (Phi) is 2.67. The van der Waals surface area contributed by atoms with Crippen LogP contribution in [0.25, 0.3) is 22.6 Å². The van der Waals surface area contributed by atoms with Gasteiger partial charge in [0, 0.05) is 22.8 Å². The van der Waals surface area contributed by atoms with Crippen LogP contribution in [0.3, 0.4) is 0 Å². The molecule has 0 amide bonds. The zero-order valence-corrected chi connectivity index (χ0v) is 11.6. The Labute approximate surface area is 121 Å². The Morgan fingerprint density at radius 3 is 3.05 bits per heavy atom. The highest BCUT2D eigenvalue weighted by Gasteiger charge is 2.13. The summed E-state index contributed by atoms with van der Waals surface area (Å²) < 4.78 is 5.81. The number of nitrogens with one attached hydrogen (secondary N) is 1. The van der Waals surface area contributed by atoms with Gasteiger partial charge in [-0.1, -0.05) is 11.6 Å². The van der Waals surface area contributed by atoms with Gasteiger partial charge >= 0.3 is 0 Å². The number of hydrogen-bond acceptors (Lipinski definition) is 3. The summed E-state index contributed by atoms with van der Waals surface area (Å²) in [5.74, 6) is 0.649. The monoisotopic (exact) mass is 284 g/mol. The Hall–Kier alpha value is -2.00. The molecule has 0 atom stereocenters. The lowest BCUT2D eigenvalue weighted by Crippen LogP contribution is -2.11. The van der Waals surface area contributed by atoms with E-state index in [9.17, 15) is 0 Å². The molecular formula is C16H13ClN2O. The van der Waals surface area contributed by atoms with Gasteiger partial charge in [-0.3, -0.25) is 0 Å². The molecule has 2 aromatic carbocycles. The number of aromatic nitrogens is 1. The summed E-state index contributed by atoms with van der Waals surface area (Å²) in [6.07, 6.45) is 2.27. The van der Waals surface area contributed by atoms with Crippen molar-refractivity contribution in [2.24, 2.45) is 0 Å². The van der Waals surface area contributed by atoms with Crippen LogP contribution in [0.2, 0.25) is 5.02 Å². The zero-order chi connectivity index (χ0) is 13.5. The first-order valence-corrected chi connectivity index (χ1v) is 7.11. The second-order valence-electron chi connectivity index (χ2n) is 5.03. The van der Waals surface area contributed by atoms with Crippen LogP contribution in [0.5, 0.6) is 0 Å². The quantitative estimate of drug-likeness (QED) is 0.714. The van der Waals surface area contributed by atoms with Gasteiger partial charge in [-0.15, -0.1) is 0 Å². The van der Waals surface area contributed by atoms with Gasteiger partial charge in [0.2, 0.25) is 5.89 Å². The van der Waals surface area contributed by atoms with Crippen LogP contribution in [0.15, 0.2) is 40.8 Å². The van der Waals surface area contributed by atoms with E-state index in [0.29, 0.717) is 10.9 Å². The van der Waals surface area contributed by atoms with Crippen molar-refractivity contribution in [2.45, 2.75) is 12.8 Å². The minimum atomic E-state index is 0.649. The maximum absolute atomic E-state index is 5.98. The number of fused-ring (bicyclic) bond motifs is 2. The normalized spacial score (nSPS) is 14.1. The molecule has 0 spiro atoms. The first-order chi connectivity index (χ1) is 9.79. The average molecular weight is 285 g/mol. The fourth-order valence-corrected chi connectivity index (χ4v) is 2.80. The van der Waals surface area contributed by atoms with Crippen LogP contribution in [-0.2, 0) is 6.42 Å². The maximum atomic E-state index is 5.98. The summed E-state index contributed by atoms with van der Waals surface area (Å²) in [4.78, 5) is 4.52. The zero-order valence-electron chi connectivity index (χ0n) is 10.8. The molecule has 1 aliphatic rings. The van der Waals surface area contributed by atoms with Crippen molar-refractivity contribution < 1.29 is 4.42 Å². The fourth-order valence-electron chi connectivity index (χ4n) is 2.63. The van der Waals surface area contributed by atoms with Gasteiger partial charge in [0.05, 0.1) is 0 Å². The molecule has 4 heteroatoms. The van der Waals surface area contributed by atoms with E-state index >= 15 is 0 Å². The molecule has 0 unspecified atom stereocenters. The molecule has 20 heavy (non-hydrogen) atoms. The molecule has 100 valence electrons. The van der Waals surface area contributed by atoms with E-state index in [1.165, 1.54) is 17.7 Å². The number of hydrogen-bond donors (Lipinski definition) is 1. The lowest BCUT2D eigenvalue weighted by Gasteiger charge is -2.17. The predicted octanol–water partition coefficient (Wildman–Crippen LogP) is 4.51. The van der Waals surface area contributed by atoms with Gasteiger partial charge in [0.1, 0.15) is 5.52 Å². The van der Waals surface area contributed by atoms with Crippen molar-refractivity contribution in [1.29, 1.82) is 0 Å². The van der Waals surface area contributed by atoms with Gasteiger partial charge in [0.15, 0.2) is 5.58 Å². The highest BCUT2D eigenvalue weighted by Crippen LogP contribution is 2.30. The van der Waals surface area contributed by atoms with E-state index in [1.54, 1.807) is 0 Å². The second kappa shape index (κ2) is 4.53. The molecule has 0 radical (unpaired) electrons. The van der Waals surface area contributed by atoms with Crippen LogP contribution in [0, 0.1) is 0 Å². The van der Waals surface area contributed by atoms with Crippen LogP contribution >= 0.6 is 11.6 Å². The molecule has 0 aliphatic carbocycles. The van der Waals surface area contributed by atoms with Crippen molar-refractivity contribution in [3.63, 3.8) is 0 Å². The third-order valence-electron chi connectivity index (χ3n) is 3.64. The summed E-state index contributed by atoms with van der Waals surface area (Å²) in [6, 6.07) is 11.8. The Balaban J connectivity index is 1.82. The van der Waals surface area contributed by atoms with Gasteiger partial charge in [0.25, 0.3) is 0 Å². The van der Waals surface area contributed by atoms with Gasteiger partial charge in [-0.05, 0) is 54.8 Å². The van der Waals surface area contributed by atoms with Gasteiger partial charge < -0.3 is 9.73 Å². The van der Waals surface area contributed by atoms with Crippen molar-refractivity contribution in [3.8, 4) is 11.5 Å². The fraction of sp³-hybridized carbons (Fsp3) is 0.188. The molecule has 4 rings (SSSR count). The molecule has 1 aliphatic heterocycles. The number of rotatable bonds is 1. The molecule has 0 saturated carbocycles. The SMILES string of the molecule is Clc1ccc2oc(-c3ccc4c(c3)CCCN4)nc2c1. The van der Waals surface area contributed by atoms with Gasteiger partial charge in [-0.25, -0.2) is 4.98 Å². The molecule has 0 saturated heterocycles. The summed E-state index contributed by atoms with van der Waals surface area (Å²) in [5.41, 5.74) is 5.12. The lowest BCUT2D eigenvalue weighted by atomic mass is 10.0. The third-order valence-corrected chi connectivity index (χ3v) is 3.88. The first kappa shape index (κ1) is 11.8. The van der Waals surface area contributed by atoms with Crippen LogP contribution in [0.4, 0.5) is 5.69 Å². The van der Waals surface area contributed by atoms with E-state index in [0.717, 1.165) is 29.6 Å². The third kappa shape index (κ3) is 1.95. The van der Waals surface area contributed by atoms with Gasteiger partial charge in [-0.2, -0.15) is 0 Å². The topological polar surface area (TPSA) is 38.1 Å². The van der Waals surface area contributed by atoms with E-state index in [2.05, 4.69) is 22.4 Å². The molecule has 1 aromatic heterocycles. The average Bonchev–Trinajstić information content (AvgIpc) is 2.89. The largest absolute Gasteiger partial charge is 0.436 e. The molecule has 3 nitrogen and oxygen atoms in total. The lowest BCUT2D eigenvalue weighted by molar-refractivity contribution is 0.619. The Bertz CT molecular complexity index is 794. The molecular weight excluding hydrogens is 272 g/mol. The minimum absolute atomic E-state index is 0.649. The maximum Gasteiger partial charge on any atom is 0.227 e. The van der Waals surface area contributed by atoms with Crippen molar-refractivity contribution in [3.05, 3.63) is 47.0 Å². The van der Waals surface area contributed by atoms with Crippen molar-refractivity contribution in [2.75, 3.05) is 11.9 Å². The molecule has 0 bridgehead atoms. The molecule has 2 heterocycles. The van der Waals surface area contributed by atoms with E-state index in [-0.39, 0.29) is 0 Å². The van der Waals surface area contributed by atoms with Crippen molar-refractivity contribution >= 4 is 28.4 Å². The van der Waals surface area contributed by atoms with Crippen LogP contribution < -0.4 is 5.32 Å². The summed E-state index contributed by atoms with van der Waals surface area (Å²) >= 11 is 5.98. The minimum Gasteiger partial charge on any atom is -0.436 e. The predicted molar refractivity (Wildman–Crippen MR) is 81.3 cm³/mol. The highest BCUT2D eigenvalue weighted by atomic mass is 35.5. The Morgan fingerprint density at radius 1 is 1.15 bits per heavy atom. The van der Waals surface area contributed by atoms with Crippen LogP contribution in [0.1, 0.15) is 12.0 Å². The first-order valence-electron chi connectivity index (χ1n) is 6.73.